The van der Waals surface area contributed by atoms with Crippen molar-refractivity contribution < 1.29 is 32.2 Å². The van der Waals surface area contributed by atoms with Gasteiger partial charge in [-0.15, -0.1) is 0 Å². The van der Waals surface area contributed by atoms with Crippen molar-refractivity contribution in [2.24, 2.45) is 0 Å². The van der Waals surface area contributed by atoms with Gasteiger partial charge in [-0.05, 0) is 62.9 Å². The molecule has 0 fully saturated rings. The fraction of sp³-hybridized carbons (Fsp3) is 0.435. The van der Waals surface area contributed by atoms with E-state index in [9.17, 15) is 18.0 Å². The van der Waals surface area contributed by atoms with E-state index >= 15 is 0 Å². The lowest BCUT2D eigenvalue weighted by atomic mass is 9.89. The molecule has 0 saturated carbocycles. The first-order valence-electron chi connectivity index (χ1n) is 9.73. The highest BCUT2D eigenvalue weighted by Gasteiger charge is 2.38. The molecule has 0 aliphatic carbocycles. The average molecular weight is 422 g/mol. The molecule has 1 heterocycles. The summed E-state index contributed by atoms with van der Waals surface area (Å²) < 4.78 is 58.2. The summed E-state index contributed by atoms with van der Waals surface area (Å²) >= 11 is 0. The van der Waals surface area contributed by atoms with Crippen LogP contribution in [-0.4, -0.2) is 25.3 Å². The first-order chi connectivity index (χ1) is 14.0. The van der Waals surface area contributed by atoms with Gasteiger partial charge in [0.1, 0.15) is 5.75 Å². The molecule has 162 valence electrons. The number of carbonyl (C=O) groups is 1. The second-order valence-corrected chi connectivity index (χ2v) is 8.18. The van der Waals surface area contributed by atoms with Crippen LogP contribution in [0.1, 0.15) is 50.0 Å². The molecule has 1 unspecified atom stereocenters. The Kier molecular flexibility index (Phi) is 6.13. The van der Waals surface area contributed by atoms with Crippen LogP contribution in [-0.2, 0) is 26.9 Å². The number of benzene rings is 2. The molecule has 4 nitrogen and oxygen atoms in total. The van der Waals surface area contributed by atoms with Crippen LogP contribution >= 0.6 is 0 Å². The van der Waals surface area contributed by atoms with Gasteiger partial charge in [-0.25, -0.2) is 4.79 Å². The van der Waals surface area contributed by atoms with Gasteiger partial charge in [0.2, 0.25) is 0 Å². The zero-order chi connectivity index (χ0) is 22.1. The highest BCUT2D eigenvalue weighted by molar-refractivity contribution is 5.83. The molecule has 2 aromatic carbocycles. The number of hydrogen-bond acceptors (Lipinski definition) is 4. The highest BCUT2D eigenvalue weighted by atomic mass is 19.4. The Labute approximate surface area is 173 Å². The number of fused-ring (bicyclic) bond motifs is 1. The van der Waals surface area contributed by atoms with E-state index in [-0.39, 0.29) is 11.1 Å². The summed E-state index contributed by atoms with van der Waals surface area (Å²) in [6.45, 7) is 5.77. The lowest BCUT2D eigenvalue weighted by molar-refractivity contribution is -0.164. The molecule has 7 heteroatoms. The number of carbonyl (C=O) groups excluding carboxylic acids is 1. The van der Waals surface area contributed by atoms with Crippen molar-refractivity contribution >= 4 is 5.97 Å². The van der Waals surface area contributed by atoms with Crippen molar-refractivity contribution in [2.75, 3.05) is 13.7 Å². The van der Waals surface area contributed by atoms with E-state index in [0.29, 0.717) is 24.3 Å². The van der Waals surface area contributed by atoms with E-state index in [2.05, 4.69) is 0 Å². The van der Waals surface area contributed by atoms with Gasteiger partial charge in [-0.3, -0.25) is 0 Å². The Balaban J connectivity index is 2.25. The minimum Gasteiger partial charge on any atom is -0.493 e. The van der Waals surface area contributed by atoms with E-state index in [1.54, 1.807) is 39.0 Å². The second-order valence-electron chi connectivity index (χ2n) is 8.18. The molecule has 0 bridgehead atoms. The maximum Gasteiger partial charge on any atom is 0.417 e. The van der Waals surface area contributed by atoms with Gasteiger partial charge in [0.15, 0.2) is 6.10 Å². The van der Waals surface area contributed by atoms with Gasteiger partial charge in [0.25, 0.3) is 0 Å². The molecule has 2 aromatic rings. The highest BCUT2D eigenvalue weighted by Crippen LogP contribution is 2.43. The average Bonchev–Trinajstić information content (AvgIpc) is 2.69. The second kappa shape index (κ2) is 8.30. The number of ether oxygens (including phenoxy) is 3. The Morgan fingerprint density at radius 3 is 2.50 bits per heavy atom. The molecule has 0 saturated heterocycles. The lowest BCUT2D eigenvalue weighted by Gasteiger charge is -2.29. The third-order valence-electron chi connectivity index (χ3n) is 4.77. The van der Waals surface area contributed by atoms with E-state index in [1.165, 1.54) is 19.2 Å². The lowest BCUT2D eigenvalue weighted by Crippen LogP contribution is -2.29. The molecule has 0 spiro atoms. The first-order valence-corrected chi connectivity index (χ1v) is 9.73. The number of methoxy groups -OCH3 is 1. The first kappa shape index (κ1) is 22.2. The van der Waals surface area contributed by atoms with Crippen LogP contribution in [0.3, 0.4) is 0 Å². The molecular formula is C23H25F3O4. The molecule has 0 N–H and O–H groups in total. The van der Waals surface area contributed by atoms with Crippen molar-refractivity contribution in [2.45, 2.75) is 51.5 Å². The van der Waals surface area contributed by atoms with Gasteiger partial charge in [0.05, 0.1) is 24.9 Å². The fourth-order valence-electron chi connectivity index (χ4n) is 3.56. The van der Waals surface area contributed by atoms with Crippen LogP contribution in [0.2, 0.25) is 0 Å². The number of rotatable bonds is 4. The summed E-state index contributed by atoms with van der Waals surface area (Å²) in [5.41, 5.74) is -0.389. The molecule has 1 aliphatic rings. The van der Waals surface area contributed by atoms with Crippen LogP contribution < -0.4 is 4.74 Å². The van der Waals surface area contributed by atoms with E-state index in [1.807, 2.05) is 0 Å². The summed E-state index contributed by atoms with van der Waals surface area (Å²) in [5.74, 6) is -0.0849. The Bertz CT molecular complexity index is 929. The standard InChI is InChI=1S/C23H25F3O4/c1-22(2,3)30-20(21(27)28-4)16-8-5-9-17(23(24,25)26)19(16)15-10-11-18-14(13-15)7-6-12-29-18/h5,8-11,13,20H,6-7,12H2,1-4H3. The number of alkyl halides is 3. The molecule has 1 atom stereocenters. The summed E-state index contributed by atoms with van der Waals surface area (Å²) in [7, 11) is 1.19. The van der Waals surface area contributed by atoms with Gasteiger partial charge in [-0.1, -0.05) is 18.2 Å². The normalized spacial score (nSPS) is 15.2. The zero-order valence-corrected chi connectivity index (χ0v) is 17.4. The quantitative estimate of drug-likeness (QED) is 0.591. The summed E-state index contributed by atoms with van der Waals surface area (Å²) in [6.07, 6.45) is -4.41. The minimum absolute atomic E-state index is 0.0852. The molecule has 1 aliphatic heterocycles. The number of aryl methyl sites for hydroxylation is 1. The van der Waals surface area contributed by atoms with Crippen molar-refractivity contribution in [1.82, 2.24) is 0 Å². The zero-order valence-electron chi connectivity index (χ0n) is 17.4. The van der Waals surface area contributed by atoms with Gasteiger partial charge in [-0.2, -0.15) is 13.2 Å². The largest absolute Gasteiger partial charge is 0.493 e. The monoisotopic (exact) mass is 422 g/mol. The topological polar surface area (TPSA) is 44.8 Å². The predicted octanol–water partition coefficient (Wildman–Crippen LogP) is 5.73. The third-order valence-corrected chi connectivity index (χ3v) is 4.77. The molecule has 0 radical (unpaired) electrons. The summed E-state index contributed by atoms with van der Waals surface area (Å²) in [5, 5.41) is 0. The molecule has 0 aromatic heterocycles. The van der Waals surface area contributed by atoms with Crippen LogP contribution in [0.15, 0.2) is 36.4 Å². The van der Waals surface area contributed by atoms with Crippen LogP contribution in [0.25, 0.3) is 11.1 Å². The molecule has 3 rings (SSSR count). The Morgan fingerprint density at radius 2 is 1.87 bits per heavy atom. The smallest absolute Gasteiger partial charge is 0.417 e. The Morgan fingerprint density at radius 1 is 1.13 bits per heavy atom. The third kappa shape index (κ3) is 4.78. The summed E-state index contributed by atoms with van der Waals surface area (Å²) in [6, 6.07) is 8.75. The van der Waals surface area contributed by atoms with Gasteiger partial charge < -0.3 is 14.2 Å². The fourth-order valence-corrected chi connectivity index (χ4v) is 3.56. The van der Waals surface area contributed by atoms with E-state index in [4.69, 9.17) is 14.2 Å². The van der Waals surface area contributed by atoms with E-state index < -0.39 is 29.4 Å². The van der Waals surface area contributed by atoms with Crippen molar-refractivity contribution in [3.05, 3.63) is 53.1 Å². The number of hydrogen-bond donors (Lipinski definition) is 0. The minimum atomic E-state index is -4.61. The van der Waals surface area contributed by atoms with Crippen molar-refractivity contribution in [3.63, 3.8) is 0 Å². The van der Waals surface area contributed by atoms with Crippen LogP contribution in [0, 0.1) is 0 Å². The number of halogens is 3. The summed E-state index contributed by atoms with van der Waals surface area (Å²) in [4.78, 5) is 12.5. The van der Waals surface area contributed by atoms with Crippen molar-refractivity contribution in [1.29, 1.82) is 0 Å². The molecule has 0 amide bonds. The Hall–Kier alpha value is -2.54. The molecule has 30 heavy (non-hydrogen) atoms. The maximum atomic E-state index is 14.0. The van der Waals surface area contributed by atoms with Gasteiger partial charge >= 0.3 is 12.1 Å². The SMILES string of the molecule is COC(=O)C(OC(C)(C)C)c1cccc(C(F)(F)F)c1-c1ccc2c(c1)CCCO2. The molecular weight excluding hydrogens is 397 g/mol. The van der Waals surface area contributed by atoms with Crippen LogP contribution in [0.5, 0.6) is 5.75 Å². The number of esters is 1. The van der Waals surface area contributed by atoms with Crippen molar-refractivity contribution in [3.8, 4) is 16.9 Å². The van der Waals surface area contributed by atoms with Crippen LogP contribution in [0.4, 0.5) is 13.2 Å². The predicted molar refractivity (Wildman–Crippen MR) is 106 cm³/mol. The van der Waals surface area contributed by atoms with E-state index in [0.717, 1.165) is 18.1 Å². The maximum absolute atomic E-state index is 14.0. The van der Waals surface area contributed by atoms with Gasteiger partial charge in [0, 0.05) is 11.1 Å².